The predicted molar refractivity (Wildman–Crippen MR) is 86.1 cm³/mol. The summed E-state index contributed by atoms with van der Waals surface area (Å²) in [5, 5.41) is 2.78. The largest absolute Gasteiger partial charge is 0.339 e. The van der Waals surface area contributed by atoms with Gasteiger partial charge in [-0.3, -0.25) is 9.78 Å². The Kier molecular flexibility index (Phi) is 5.22. The van der Waals surface area contributed by atoms with Crippen molar-refractivity contribution < 1.29 is 4.79 Å². The molecule has 0 spiro atoms. The number of aromatic nitrogens is 2. The molecule has 0 radical (unpaired) electrons. The van der Waals surface area contributed by atoms with Gasteiger partial charge in [-0.05, 0) is 26.0 Å². The third kappa shape index (κ3) is 4.23. The first kappa shape index (κ1) is 15.4. The molecule has 0 aliphatic carbocycles. The Balaban J connectivity index is 2.05. The van der Waals surface area contributed by atoms with E-state index in [9.17, 15) is 4.79 Å². The van der Waals surface area contributed by atoms with Crippen LogP contribution in [0, 0.1) is 0 Å². The molecule has 0 bridgehead atoms. The molecular weight excluding hydrogens is 282 g/mol. The maximum atomic E-state index is 12.3. The van der Waals surface area contributed by atoms with E-state index in [2.05, 4.69) is 16.5 Å². The van der Waals surface area contributed by atoms with E-state index in [-0.39, 0.29) is 5.91 Å². The van der Waals surface area contributed by atoms with Crippen LogP contribution in [0.15, 0.2) is 41.9 Å². The Hall–Kier alpha value is -2.01. The summed E-state index contributed by atoms with van der Waals surface area (Å²) in [6.07, 6.45) is 2.07. The molecule has 0 unspecified atom stereocenters. The highest BCUT2D eigenvalue weighted by molar-refractivity contribution is 7.13. The van der Waals surface area contributed by atoms with Crippen molar-refractivity contribution in [3.8, 4) is 10.7 Å². The minimum absolute atomic E-state index is 0.0818. The van der Waals surface area contributed by atoms with Gasteiger partial charge in [0, 0.05) is 24.7 Å². The molecule has 110 valence electrons. The zero-order valence-electron chi connectivity index (χ0n) is 12.4. The van der Waals surface area contributed by atoms with Gasteiger partial charge < -0.3 is 4.90 Å². The van der Waals surface area contributed by atoms with Crippen molar-refractivity contribution in [2.45, 2.75) is 20.3 Å². The first-order chi connectivity index (χ1) is 10.1. The number of carbonyl (C=O) groups is 1. The quantitative estimate of drug-likeness (QED) is 0.770. The second-order valence-corrected chi connectivity index (χ2v) is 5.76. The summed E-state index contributed by atoms with van der Waals surface area (Å²) in [7, 11) is 0. The molecule has 0 N–H and O–H groups in total. The molecule has 0 aliphatic heterocycles. The monoisotopic (exact) mass is 301 g/mol. The first-order valence-corrected chi connectivity index (χ1v) is 7.76. The first-order valence-electron chi connectivity index (χ1n) is 6.88. The Morgan fingerprint density at radius 2 is 2.24 bits per heavy atom. The number of nitrogens with zero attached hydrogens (tertiary/aromatic N) is 3. The van der Waals surface area contributed by atoms with Gasteiger partial charge in [-0.25, -0.2) is 4.98 Å². The normalized spacial score (nSPS) is 10.4. The molecule has 0 aromatic carbocycles. The van der Waals surface area contributed by atoms with Crippen molar-refractivity contribution in [3.63, 3.8) is 0 Å². The summed E-state index contributed by atoms with van der Waals surface area (Å²) in [5.74, 6) is 0.0818. The summed E-state index contributed by atoms with van der Waals surface area (Å²) in [5.41, 5.74) is 2.62. The van der Waals surface area contributed by atoms with Gasteiger partial charge in [0.25, 0.3) is 0 Å². The van der Waals surface area contributed by atoms with E-state index in [1.165, 1.54) is 11.3 Å². The molecule has 0 saturated carbocycles. The molecule has 0 aliphatic rings. The molecular formula is C16H19N3OS. The van der Waals surface area contributed by atoms with E-state index in [1.807, 2.05) is 37.4 Å². The van der Waals surface area contributed by atoms with E-state index in [0.717, 1.165) is 22.0 Å². The highest BCUT2D eigenvalue weighted by atomic mass is 32.1. The van der Waals surface area contributed by atoms with Gasteiger partial charge >= 0.3 is 0 Å². The SMILES string of the molecule is C=C(C)CN(CC)C(=O)Cc1csc(-c2ccccn2)n1. The zero-order valence-corrected chi connectivity index (χ0v) is 13.2. The average Bonchev–Trinajstić information content (AvgIpc) is 2.94. The molecule has 2 aromatic heterocycles. The maximum absolute atomic E-state index is 12.3. The lowest BCUT2D eigenvalue weighted by Gasteiger charge is -2.20. The maximum Gasteiger partial charge on any atom is 0.228 e. The molecule has 0 atom stereocenters. The lowest BCUT2D eigenvalue weighted by molar-refractivity contribution is -0.129. The Morgan fingerprint density at radius 3 is 2.86 bits per heavy atom. The second-order valence-electron chi connectivity index (χ2n) is 4.90. The van der Waals surface area contributed by atoms with Crippen LogP contribution in [-0.4, -0.2) is 33.9 Å². The highest BCUT2D eigenvalue weighted by Crippen LogP contribution is 2.21. The van der Waals surface area contributed by atoms with Crippen LogP contribution in [0.25, 0.3) is 10.7 Å². The van der Waals surface area contributed by atoms with Crippen LogP contribution in [0.3, 0.4) is 0 Å². The molecule has 1 amide bonds. The van der Waals surface area contributed by atoms with Crippen molar-refractivity contribution in [1.82, 2.24) is 14.9 Å². The van der Waals surface area contributed by atoms with Crippen molar-refractivity contribution >= 4 is 17.2 Å². The minimum atomic E-state index is 0.0818. The number of likely N-dealkylation sites (N-methyl/N-ethyl adjacent to an activating group) is 1. The summed E-state index contributed by atoms with van der Waals surface area (Å²) < 4.78 is 0. The van der Waals surface area contributed by atoms with Gasteiger partial charge in [0.15, 0.2) is 0 Å². The number of pyridine rings is 1. The van der Waals surface area contributed by atoms with Crippen LogP contribution in [0.1, 0.15) is 19.5 Å². The number of hydrogen-bond acceptors (Lipinski definition) is 4. The van der Waals surface area contributed by atoms with Crippen LogP contribution in [0.4, 0.5) is 0 Å². The molecule has 2 heterocycles. The van der Waals surface area contributed by atoms with Crippen LogP contribution in [0.5, 0.6) is 0 Å². The molecule has 2 rings (SSSR count). The minimum Gasteiger partial charge on any atom is -0.339 e. The molecule has 21 heavy (non-hydrogen) atoms. The molecule has 0 fully saturated rings. The number of thiazole rings is 1. The molecule has 2 aromatic rings. The van der Waals surface area contributed by atoms with Crippen LogP contribution >= 0.6 is 11.3 Å². The van der Waals surface area contributed by atoms with Gasteiger partial charge in [0.2, 0.25) is 5.91 Å². The lowest BCUT2D eigenvalue weighted by atomic mass is 10.2. The summed E-state index contributed by atoms with van der Waals surface area (Å²) in [4.78, 5) is 22.8. The van der Waals surface area contributed by atoms with E-state index >= 15 is 0 Å². The van der Waals surface area contributed by atoms with Crippen molar-refractivity contribution in [3.05, 3.63) is 47.6 Å². The standard InChI is InChI=1S/C16H19N3OS/c1-4-19(10-12(2)3)15(20)9-13-11-21-16(18-13)14-7-5-6-8-17-14/h5-8,11H,2,4,9-10H2,1,3H3. The van der Waals surface area contributed by atoms with Crippen LogP contribution in [0.2, 0.25) is 0 Å². The van der Waals surface area contributed by atoms with E-state index < -0.39 is 0 Å². The Labute approximate surface area is 129 Å². The van der Waals surface area contributed by atoms with Gasteiger partial charge in [-0.2, -0.15) is 0 Å². The number of hydrogen-bond donors (Lipinski definition) is 0. The Bertz CT molecular complexity index is 621. The van der Waals surface area contributed by atoms with Gasteiger partial charge in [0.05, 0.1) is 17.8 Å². The number of amides is 1. The predicted octanol–water partition coefficient (Wildman–Crippen LogP) is 3.17. The average molecular weight is 301 g/mol. The van der Waals surface area contributed by atoms with Crippen molar-refractivity contribution in [2.24, 2.45) is 0 Å². The third-order valence-electron chi connectivity index (χ3n) is 2.96. The van der Waals surface area contributed by atoms with Crippen molar-refractivity contribution in [2.75, 3.05) is 13.1 Å². The summed E-state index contributed by atoms with van der Waals surface area (Å²) >= 11 is 1.52. The molecule has 5 heteroatoms. The number of rotatable bonds is 6. The third-order valence-corrected chi connectivity index (χ3v) is 3.88. The Morgan fingerprint density at radius 1 is 1.43 bits per heavy atom. The number of carbonyl (C=O) groups excluding carboxylic acids is 1. The highest BCUT2D eigenvalue weighted by Gasteiger charge is 2.14. The van der Waals surface area contributed by atoms with Gasteiger partial charge in [-0.15, -0.1) is 11.3 Å². The molecule has 4 nitrogen and oxygen atoms in total. The molecule has 0 saturated heterocycles. The van der Waals surface area contributed by atoms with Crippen LogP contribution < -0.4 is 0 Å². The van der Waals surface area contributed by atoms with Crippen LogP contribution in [-0.2, 0) is 11.2 Å². The van der Waals surface area contributed by atoms with E-state index in [4.69, 9.17) is 0 Å². The summed E-state index contributed by atoms with van der Waals surface area (Å²) in [6, 6.07) is 5.72. The van der Waals surface area contributed by atoms with Gasteiger partial charge in [0.1, 0.15) is 5.01 Å². The van der Waals surface area contributed by atoms with Crippen molar-refractivity contribution in [1.29, 1.82) is 0 Å². The zero-order chi connectivity index (χ0) is 15.2. The fourth-order valence-electron chi connectivity index (χ4n) is 1.96. The van der Waals surface area contributed by atoms with E-state index in [1.54, 1.807) is 11.1 Å². The van der Waals surface area contributed by atoms with Gasteiger partial charge in [-0.1, -0.05) is 18.2 Å². The smallest absolute Gasteiger partial charge is 0.228 e. The summed E-state index contributed by atoms with van der Waals surface area (Å²) in [6.45, 7) is 9.05. The fraction of sp³-hybridized carbons (Fsp3) is 0.312. The topological polar surface area (TPSA) is 46.1 Å². The lowest BCUT2D eigenvalue weighted by Crippen LogP contribution is -2.33. The van der Waals surface area contributed by atoms with E-state index in [0.29, 0.717) is 19.5 Å². The fourth-order valence-corrected chi connectivity index (χ4v) is 2.76. The second kappa shape index (κ2) is 7.13.